The molecular formula is C24H24FN5O. The minimum absolute atomic E-state index is 0.142. The van der Waals surface area contributed by atoms with Gasteiger partial charge in [0, 0.05) is 17.5 Å². The summed E-state index contributed by atoms with van der Waals surface area (Å²) in [5.74, 6) is 1.11. The molecule has 1 atom stereocenters. The van der Waals surface area contributed by atoms with Gasteiger partial charge < -0.3 is 5.32 Å². The Morgan fingerprint density at radius 2 is 1.87 bits per heavy atom. The lowest BCUT2D eigenvalue weighted by Gasteiger charge is -2.16. The molecule has 2 heterocycles. The molecule has 2 aromatic heterocycles. The van der Waals surface area contributed by atoms with Crippen molar-refractivity contribution in [1.29, 1.82) is 0 Å². The van der Waals surface area contributed by atoms with E-state index in [0.29, 0.717) is 22.7 Å². The first-order chi connectivity index (χ1) is 15.0. The summed E-state index contributed by atoms with van der Waals surface area (Å²) in [6.45, 7) is 4.18. The van der Waals surface area contributed by atoms with Crippen molar-refractivity contribution >= 4 is 16.6 Å². The third-order valence-corrected chi connectivity index (χ3v) is 5.14. The van der Waals surface area contributed by atoms with Crippen LogP contribution >= 0.6 is 0 Å². The predicted octanol–water partition coefficient (Wildman–Crippen LogP) is 4.12. The van der Waals surface area contributed by atoms with Crippen molar-refractivity contribution in [2.75, 3.05) is 5.32 Å². The molecule has 4 aromatic rings. The molecule has 7 heteroatoms. The highest BCUT2D eigenvalue weighted by molar-refractivity contribution is 5.80. The Morgan fingerprint density at radius 1 is 1.10 bits per heavy atom. The summed E-state index contributed by atoms with van der Waals surface area (Å²) >= 11 is 0. The molecule has 0 fully saturated rings. The zero-order valence-corrected chi connectivity index (χ0v) is 17.5. The smallest absolute Gasteiger partial charge is 0.274 e. The van der Waals surface area contributed by atoms with E-state index in [4.69, 9.17) is 0 Å². The third-order valence-electron chi connectivity index (χ3n) is 5.14. The Balaban J connectivity index is 1.46. The monoisotopic (exact) mass is 417 g/mol. The molecule has 1 N–H and O–H groups in total. The summed E-state index contributed by atoms with van der Waals surface area (Å²) in [7, 11) is 0. The molecular weight excluding hydrogens is 393 g/mol. The van der Waals surface area contributed by atoms with Gasteiger partial charge in [0.05, 0.1) is 23.8 Å². The van der Waals surface area contributed by atoms with Crippen LogP contribution in [0.4, 0.5) is 10.2 Å². The molecule has 0 unspecified atom stereocenters. The van der Waals surface area contributed by atoms with Gasteiger partial charge in [-0.2, -0.15) is 5.10 Å². The fourth-order valence-electron chi connectivity index (χ4n) is 3.54. The second kappa shape index (κ2) is 9.04. The number of halogens is 1. The van der Waals surface area contributed by atoms with E-state index in [1.54, 1.807) is 12.3 Å². The van der Waals surface area contributed by atoms with E-state index in [2.05, 4.69) is 27.3 Å². The van der Waals surface area contributed by atoms with E-state index in [1.165, 1.54) is 16.8 Å². The topological polar surface area (TPSA) is 72.7 Å². The van der Waals surface area contributed by atoms with Crippen LogP contribution in [-0.2, 0) is 13.0 Å². The lowest BCUT2D eigenvalue weighted by Crippen LogP contribution is -2.24. The SMILES string of the molecule is Cc1nc(Cn2ncc3ccccc3c2=O)cc(N[C@@H](C)CCc2ccc(F)cc2)n1. The fraction of sp³-hybridized carbons (Fsp3) is 0.250. The molecule has 158 valence electrons. The quantitative estimate of drug-likeness (QED) is 0.490. The summed E-state index contributed by atoms with van der Waals surface area (Å²) in [5, 5.41) is 9.14. The molecule has 0 aliphatic carbocycles. The highest BCUT2D eigenvalue weighted by atomic mass is 19.1. The van der Waals surface area contributed by atoms with Crippen LogP contribution in [0.15, 0.2) is 65.6 Å². The number of hydrogen-bond donors (Lipinski definition) is 1. The molecule has 0 aliphatic rings. The molecule has 6 nitrogen and oxygen atoms in total. The summed E-state index contributed by atoms with van der Waals surface area (Å²) < 4.78 is 14.5. The van der Waals surface area contributed by atoms with Crippen molar-refractivity contribution in [3.8, 4) is 0 Å². The first-order valence-corrected chi connectivity index (χ1v) is 10.3. The van der Waals surface area contributed by atoms with E-state index in [1.807, 2.05) is 43.3 Å². The first kappa shape index (κ1) is 20.7. The van der Waals surface area contributed by atoms with Gasteiger partial charge in [0.15, 0.2) is 0 Å². The van der Waals surface area contributed by atoms with Crippen molar-refractivity contribution in [2.24, 2.45) is 0 Å². The number of nitrogens with one attached hydrogen (secondary N) is 1. The number of anilines is 1. The van der Waals surface area contributed by atoms with Crippen LogP contribution in [-0.4, -0.2) is 25.8 Å². The van der Waals surface area contributed by atoms with Crippen LogP contribution in [0, 0.1) is 12.7 Å². The summed E-state index contributed by atoms with van der Waals surface area (Å²) in [4.78, 5) is 21.7. The number of fused-ring (bicyclic) bond motifs is 1. The molecule has 0 bridgehead atoms. The van der Waals surface area contributed by atoms with Crippen LogP contribution in [0.1, 0.15) is 30.4 Å². The zero-order valence-electron chi connectivity index (χ0n) is 17.5. The minimum Gasteiger partial charge on any atom is -0.367 e. The van der Waals surface area contributed by atoms with Gasteiger partial charge in [0.25, 0.3) is 5.56 Å². The summed E-state index contributed by atoms with van der Waals surface area (Å²) in [6, 6.07) is 16.0. The van der Waals surface area contributed by atoms with Crippen molar-refractivity contribution in [2.45, 2.75) is 39.3 Å². The average Bonchev–Trinajstić information content (AvgIpc) is 2.75. The number of nitrogens with zero attached hydrogens (tertiary/aromatic N) is 4. The highest BCUT2D eigenvalue weighted by Gasteiger charge is 2.10. The Kier molecular flexibility index (Phi) is 6.02. The van der Waals surface area contributed by atoms with E-state index in [9.17, 15) is 9.18 Å². The largest absolute Gasteiger partial charge is 0.367 e. The van der Waals surface area contributed by atoms with E-state index in [0.717, 1.165) is 23.8 Å². The second-order valence-electron chi connectivity index (χ2n) is 7.70. The van der Waals surface area contributed by atoms with Crippen molar-refractivity contribution in [3.63, 3.8) is 0 Å². The maximum atomic E-state index is 13.1. The van der Waals surface area contributed by atoms with Crippen molar-refractivity contribution in [3.05, 3.63) is 94.0 Å². The van der Waals surface area contributed by atoms with E-state index < -0.39 is 0 Å². The van der Waals surface area contributed by atoms with Gasteiger partial charge >= 0.3 is 0 Å². The molecule has 0 saturated carbocycles. The molecule has 0 spiro atoms. The standard InChI is InChI=1S/C24H24FN5O/c1-16(7-8-18-9-11-20(25)12-10-18)27-23-13-21(28-17(2)29-23)15-30-24(31)22-6-4-3-5-19(22)14-26-30/h3-6,9-14,16H,7-8,15H2,1-2H3,(H,27,28,29)/t16-/m0/s1. The number of hydrogen-bond acceptors (Lipinski definition) is 5. The molecule has 4 rings (SSSR count). The minimum atomic E-state index is -0.223. The van der Waals surface area contributed by atoms with Gasteiger partial charge in [0.1, 0.15) is 17.5 Å². The second-order valence-corrected chi connectivity index (χ2v) is 7.70. The highest BCUT2D eigenvalue weighted by Crippen LogP contribution is 2.13. The van der Waals surface area contributed by atoms with Crippen LogP contribution < -0.4 is 10.9 Å². The fourth-order valence-corrected chi connectivity index (χ4v) is 3.54. The number of benzene rings is 2. The summed E-state index contributed by atoms with van der Waals surface area (Å²) in [5.41, 5.74) is 1.67. The Bertz CT molecular complexity index is 1250. The van der Waals surface area contributed by atoms with Crippen LogP contribution in [0.25, 0.3) is 10.8 Å². The maximum Gasteiger partial charge on any atom is 0.274 e. The van der Waals surface area contributed by atoms with Crippen molar-refractivity contribution < 1.29 is 4.39 Å². The summed E-state index contributed by atoms with van der Waals surface area (Å²) in [6.07, 6.45) is 3.40. The first-order valence-electron chi connectivity index (χ1n) is 10.3. The molecule has 0 aliphatic heterocycles. The number of rotatable bonds is 7. The predicted molar refractivity (Wildman–Crippen MR) is 120 cm³/mol. The van der Waals surface area contributed by atoms with Crippen molar-refractivity contribution in [1.82, 2.24) is 19.7 Å². The van der Waals surface area contributed by atoms with Crippen LogP contribution in [0.5, 0.6) is 0 Å². The normalized spacial score (nSPS) is 12.1. The van der Waals surface area contributed by atoms with Gasteiger partial charge in [-0.05, 0) is 50.5 Å². The molecule has 2 aromatic carbocycles. The third kappa shape index (κ3) is 5.12. The molecule has 31 heavy (non-hydrogen) atoms. The van der Waals surface area contributed by atoms with Gasteiger partial charge in [0.2, 0.25) is 0 Å². The zero-order chi connectivity index (χ0) is 21.8. The average molecular weight is 417 g/mol. The number of aromatic nitrogens is 4. The van der Waals surface area contributed by atoms with Gasteiger partial charge in [-0.3, -0.25) is 4.79 Å². The van der Waals surface area contributed by atoms with Gasteiger partial charge in [-0.15, -0.1) is 0 Å². The maximum absolute atomic E-state index is 13.1. The Hall–Kier alpha value is -3.61. The van der Waals surface area contributed by atoms with E-state index in [-0.39, 0.29) is 24.0 Å². The number of aryl methyl sites for hydroxylation is 2. The Labute approximate surface area is 179 Å². The Morgan fingerprint density at radius 3 is 2.68 bits per heavy atom. The van der Waals surface area contributed by atoms with Gasteiger partial charge in [-0.1, -0.05) is 30.3 Å². The van der Waals surface area contributed by atoms with Crippen LogP contribution in [0.3, 0.4) is 0 Å². The lowest BCUT2D eigenvalue weighted by molar-refractivity contribution is 0.625. The molecule has 0 amide bonds. The lowest BCUT2D eigenvalue weighted by atomic mass is 10.1. The van der Waals surface area contributed by atoms with Crippen LogP contribution in [0.2, 0.25) is 0 Å². The molecule has 0 radical (unpaired) electrons. The van der Waals surface area contributed by atoms with Gasteiger partial charge in [-0.25, -0.2) is 19.0 Å². The van der Waals surface area contributed by atoms with E-state index >= 15 is 0 Å². The molecule has 0 saturated heterocycles.